The first-order chi connectivity index (χ1) is 16.4. The van der Waals surface area contributed by atoms with Gasteiger partial charge in [-0.1, -0.05) is 19.4 Å². The van der Waals surface area contributed by atoms with Crippen LogP contribution in [0.15, 0.2) is 11.6 Å². The van der Waals surface area contributed by atoms with E-state index < -0.39 is 61.9 Å². The van der Waals surface area contributed by atoms with E-state index in [9.17, 15) is 35.4 Å². The quantitative estimate of drug-likeness (QED) is 0.227. The van der Waals surface area contributed by atoms with Crippen molar-refractivity contribution >= 4 is 5.78 Å². The summed E-state index contributed by atoms with van der Waals surface area (Å²) in [5, 5.41) is 60.1. The highest BCUT2D eigenvalue weighted by Crippen LogP contribution is 2.42. The Bertz CT molecular complexity index is 756. The molecule has 2 saturated heterocycles. The molecule has 2 heterocycles. The number of hydrogen-bond acceptors (Lipinski definition) is 11. The highest BCUT2D eigenvalue weighted by molar-refractivity contribution is 5.91. The first kappa shape index (κ1) is 28.6. The van der Waals surface area contributed by atoms with Crippen LogP contribution in [0.4, 0.5) is 0 Å². The van der Waals surface area contributed by atoms with Gasteiger partial charge in [-0.3, -0.25) is 4.79 Å². The summed E-state index contributed by atoms with van der Waals surface area (Å²) >= 11 is 0. The largest absolute Gasteiger partial charge is 0.394 e. The molecule has 202 valence electrons. The number of carbonyl (C=O) groups is 1. The molecule has 0 aromatic rings. The highest BCUT2D eigenvalue weighted by Gasteiger charge is 2.47. The van der Waals surface area contributed by atoms with Crippen molar-refractivity contribution < 1.29 is 54.4 Å². The highest BCUT2D eigenvalue weighted by atomic mass is 16.7. The summed E-state index contributed by atoms with van der Waals surface area (Å²) in [5.74, 6) is 0.331. The van der Waals surface area contributed by atoms with Gasteiger partial charge in [-0.15, -0.1) is 0 Å². The van der Waals surface area contributed by atoms with Gasteiger partial charge in [0, 0.05) is 6.42 Å². The van der Waals surface area contributed by atoms with Crippen molar-refractivity contribution in [1.82, 2.24) is 0 Å². The van der Waals surface area contributed by atoms with E-state index in [1.807, 2.05) is 13.8 Å². The van der Waals surface area contributed by atoms with Crippen LogP contribution in [-0.2, 0) is 23.7 Å². The van der Waals surface area contributed by atoms with Gasteiger partial charge in [0.25, 0.3) is 0 Å². The lowest BCUT2D eigenvalue weighted by molar-refractivity contribution is -0.318. The molecule has 1 aliphatic carbocycles. The van der Waals surface area contributed by atoms with Gasteiger partial charge in [0.2, 0.25) is 0 Å². The third kappa shape index (κ3) is 6.48. The SMILES string of the molecule is CC1=CC(=O)CC(C)(C)[C@H]1CCC(C)OC1OC(COC2OC(CO)C(O)C2O)C(O)C(O)C1O. The maximum absolute atomic E-state index is 11.9. The fraction of sp³-hybridized carbons (Fsp3) is 0.875. The zero-order chi connectivity index (χ0) is 26.1. The Hall–Kier alpha value is -0.990. The summed E-state index contributed by atoms with van der Waals surface area (Å²) in [6.45, 7) is 7.07. The van der Waals surface area contributed by atoms with Crippen LogP contribution in [0, 0.1) is 11.3 Å². The molecule has 2 aliphatic heterocycles. The van der Waals surface area contributed by atoms with Crippen molar-refractivity contribution in [2.75, 3.05) is 13.2 Å². The summed E-state index contributed by atoms with van der Waals surface area (Å²) in [4.78, 5) is 11.9. The Morgan fingerprint density at radius 3 is 2.20 bits per heavy atom. The number of ether oxygens (including phenoxy) is 4. The predicted molar refractivity (Wildman–Crippen MR) is 121 cm³/mol. The van der Waals surface area contributed by atoms with E-state index in [-0.39, 0.29) is 29.8 Å². The van der Waals surface area contributed by atoms with Gasteiger partial charge < -0.3 is 49.6 Å². The molecule has 0 spiro atoms. The second-order valence-electron chi connectivity index (χ2n) is 10.7. The van der Waals surface area contributed by atoms with Crippen LogP contribution in [0.5, 0.6) is 0 Å². The van der Waals surface area contributed by atoms with Gasteiger partial charge in [0.15, 0.2) is 18.4 Å². The van der Waals surface area contributed by atoms with Gasteiger partial charge in [0.1, 0.15) is 42.7 Å². The molecule has 0 aromatic heterocycles. The minimum atomic E-state index is -1.56. The van der Waals surface area contributed by atoms with E-state index in [2.05, 4.69) is 13.8 Å². The molecule has 3 aliphatic rings. The normalized spacial score (nSPS) is 42.7. The van der Waals surface area contributed by atoms with E-state index >= 15 is 0 Å². The van der Waals surface area contributed by atoms with Gasteiger partial charge >= 0.3 is 0 Å². The first-order valence-corrected chi connectivity index (χ1v) is 12.2. The minimum absolute atomic E-state index is 0.129. The summed E-state index contributed by atoms with van der Waals surface area (Å²) in [6.07, 6.45) is -8.73. The van der Waals surface area contributed by atoms with Crippen molar-refractivity contribution in [2.45, 2.75) is 108 Å². The molecule has 11 atom stereocenters. The van der Waals surface area contributed by atoms with Crippen LogP contribution < -0.4 is 0 Å². The van der Waals surface area contributed by atoms with E-state index in [1.165, 1.54) is 0 Å². The molecule has 6 N–H and O–H groups in total. The Labute approximate surface area is 205 Å². The molecular formula is C24H40O11. The van der Waals surface area contributed by atoms with Crippen molar-refractivity contribution in [3.05, 3.63) is 11.6 Å². The molecular weight excluding hydrogens is 464 g/mol. The van der Waals surface area contributed by atoms with E-state index in [0.717, 1.165) is 12.0 Å². The fourth-order valence-electron chi connectivity index (χ4n) is 5.27. The Balaban J connectivity index is 1.55. The van der Waals surface area contributed by atoms with Crippen LogP contribution in [0.3, 0.4) is 0 Å². The zero-order valence-corrected chi connectivity index (χ0v) is 20.7. The van der Waals surface area contributed by atoms with Crippen molar-refractivity contribution in [2.24, 2.45) is 11.3 Å². The van der Waals surface area contributed by atoms with E-state index in [4.69, 9.17) is 18.9 Å². The number of aliphatic hydroxyl groups excluding tert-OH is 6. The van der Waals surface area contributed by atoms with Crippen LogP contribution in [0.1, 0.15) is 47.0 Å². The maximum Gasteiger partial charge on any atom is 0.186 e. The molecule has 0 amide bonds. The topological polar surface area (TPSA) is 175 Å². The van der Waals surface area contributed by atoms with Gasteiger partial charge in [0.05, 0.1) is 19.3 Å². The zero-order valence-electron chi connectivity index (χ0n) is 20.7. The van der Waals surface area contributed by atoms with Crippen molar-refractivity contribution in [3.63, 3.8) is 0 Å². The lowest BCUT2D eigenvalue weighted by Crippen LogP contribution is -2.60. The third-order valence-corrected chi connectivity index (χ3v) is 7.33. The summed E-state index contributed by atoms with van der Waals surface area (Å²) in [5.41, 5.74) is 0.863. The summed E-state index contributed by atoms with van der Waals surface area (Å²) in [6, 6.07) is 0. The molecule has 2 fully saturated rings. The fourth-order valence-corrected chi connectivity index (χ4v) is 5.27. The third-order valence-electron chi connectivity index (χ3n) is 7.33. The average molecular weight is 505 g/mol. The molecule has 35 heavy (non-hydrogen) atoms. The number of carbonyl (C=O) groups excluding carboxylic acids is 1. The van der Waals surface area contributed by atoms with E-state index in [0.29, 0.717) is 12.8 Å². The Morgan fingerprint density at radius 1 is 1.00 bits per heavy atom. The van der Waals surface area contributed by atoms with E-state index in [1.54, 1.807) is 6.08 Å². The lowest BCUT2D eigenvalue weighted by Gasteiger charge is -2.42. The Kier molecular flexibility index (Phi) is 9.47. The van der Waals surface area contributed by atoms with Crippen LogP contribution >= 0.6 is 0 Å². The minimum Gasteiger partial charge on any atom is -0.394 e. The molecule has 0 radical (unpaired) electrons. The van der Waals surface area contributed by atoms with Gasteiger partial charge in [-0.25, -0.2) is 0 Å². The standard InChI is InChI=1S/C24H40O11/c1-11-7-13(26)8-24(3,4)14(11)6-5-12(2)33-23-21(31)19(29)18(28)16(35-23)10-32-22-20(30)17(27)15(9-25)34-22/h7,12,14-23,25,27-31H,5-6,8-10H2,1-4H3/t12?,14-,15?,16?,17?,18?,19?,20?,21?,22?,23?/m0/s1. The molecule has 3 rings (SSSR count). The molecule has 11 nitrogen and oxygen atoms in total. The number of rotatable bonds is 9. The van der Waals surface area contributed by atoms with Crippen LogP contribution in [0.25, 0.3) is 0 Å². The number of hydrogen-bond donors (Lipinski definition) is 6. The van der Waals surface area contributed by atoms with Gasteiger partial charge in [-0.2, -0.15) is 0 Å². The molecule has 11 heteroatoms. The van der Waals surface area contributed by atoms with Crippen LogP contribution in [0.2, 0.25) is 0 Å². The molecule has 0 saturated carbocycles. The average Bonchev–Trinajstić information content (AvgIpc) is 3.05. The van der Waals surface area contributed by atoms with Crippen molar-refractivity contribution in [1.29, 1.82) is 0 Å². The second-order valence-corrected chi connectivity index (χ2v) is 10.7. The van der Waals surface area contributed by atoms with Gasteiger partial charge in [-0.05, 0) is 44.1 Å². The molecule has 0 aromatic carbocycles. The summed E-state index contributed by atoms with van der Waals surface area (Å²) < 4.78 is 22.2. The first-order valence-electron chi connectivity index (χ1n) is 12.2. The van der Waals surface area contributed by atoms with Crippen molar-refractivity contribution in [3.8, 4) is 0 Å². The monoisotopic (exact) mass is 504 g/mol. The smallest absolute Gasteiger partial charge is 0.186 e. The number of allylic oxidation sites excluding steroid dienone is 2. The second kappa shape index (κ2) is 11.6. The number of aliphatic hydroxyl groups is 6. The molecule has 0 bridgehead atoms. The Morgan fingerprint density at radius 2 is 1.60 bits per heavy atom. The van der Waals surface area contributed by atoms with Crippen LogP contribution in [-0.4, -0.2) is 111 Å². The summed E-state index contributed by atoms with van der Waals surface area (Å²) in [7, 11) is 0. The maximum atomic E-state index is 11.9. The number of ketones is 1. The lowest BCUT2D eigenvalue weighted by atomic mass is 9.66. The predicted octanol–water partition coefficient (Wildman–Crippen LogP) is -1.00. The molecule has 10 unspecified atom stereocenters.